The summed E-state index contributed by atoms with van der Waals surface area (Å²) in [7, 11) is 4.28. The van der Waals surface area contributed by atoms with Gasteiger partial charge in [-0.2, -0.15) is 0 Å². The third kappa shape index (κ3) is 25.2. The Hall–Kier alpha value is -5.28. The number of halogens is 6. The number of methoxy groups -OCH3 is 2. The van der Waals surface area contributed by atoms with E-state index in [9.17, 15) is 28.0 Å². The summed E-state index contributed by atoms with van der Waals surface area (Å²) in [6, 6.07) is 18.4. The third-order valence-corrected chi connectivity index (χ3v) is 4.07. The molecular formula is C30H40F6O10. The van der Waals surface area contributed by atoms with Crippen LogP contribution in [0.1, 0.15) is 69.1 Å². The van der Waals surface area contributed by atoms with Gasteiger partial charge in [0.1, 0.15) is 11.5 Å². The van der Waals surface area contributed by atoms with Crippen LogP contribution in [0.3, 0.4) is 0 Å². The van der Waals surface area contributed by atoms with E-state index in [0.717, 1.165) is 11.5 Å². The van der Waals surface area contributed by atoms with Crippen LogP contribution in [-0.4, -0.2) is 72.9 Å². The Morgan fingerprint density at radius 3 is 0.696 bits per heavy atom. The Bertz CT molecular complexity index is 1010. The van der Waals surface area contributed by atoms with E-state index in [4.69, 9.17) is 48.2 Å². The lowest BCUT2D eigenvalue weighted by Crippen LogP contribution is -2.06. The highest BCUT2D eigenvalue weighted by Gasteiger charge is 2.14. The van der Waals surface area contributed by atoms with Crippen LogP contribution < -0.4 is 9.47 Å². The number of aromatic carboxylic acids is 4. The quantitative estimate of drug-likeness (QED) is 0.186. The standard InChI is InChI=1S/2C8H6O4.C8H10O2.2C2H6.2CH3F.2F2/c2*9-7(10)5-3-1-2-4-6(5)8(11)12;1-9-7-3-5-8(10-2)6-4-7;6*1-2/h2*1-4H,(H,9,10)(H,11,12);3-6H,1-2H3;2*1-2H3;2*1H3;;. The number of rotatable bonds is 6. The molecule has 0 radical (unpaired) electrons. The van der Waals surface area contributed by atoms with E-state index >= 15 is 0 Å². The van der Waals surface area contributed by atoms with E-state index < -0.39 is 23.9 Å². The third-order valence-electron chi connectivity index (χ3n) is 4.07. The van der Waals surface area contributed by atoms with E-state index in [0.29, 0.717) is 14.4 Å². The molecule has 3 rings (SSSR count). The second-order valence-corrected chi connectivity index (χ2v) is 6.19. The summed E-state index contributed by atoms with van der Waals surface area (Å²) in [5.41, 5.74) is -0.759. The molecule has 0 atom stereocenters. The first-order chi connectivity index (χ1) is 22.1. The van der Waals surface area contributed by atoms with Gasteiger partial charge in [-0.1, -0.05) is 52.0 Å². The molecule has 3 aromatic carbocycles. The van der Waals surface area contributed by atoms with Crippen molar-refractivity contribution in [3.63, 3.8) is 0 Å². The van der Waals surface area contributed by atoms with E-state index in [2.05, 4.69) is 0 Å². The number of carboxylic acids is 4. The smallest absolute Gasteiger partial charge is 0.336 e. The minimum atomic E-state index is -1.23. The number of carbonyl (C=O) groups is 4. The van der Waals surface area contributed by atoms with E-state index in [-0.39, 0.29) is 22.3 Å². The number of hydrogen-bond acceptors (Lipinski definition) is 6. The summed E-state index contributed by atoms with van der Waals surface area (Å²) in [5, 5.41) is 34.2. The SMILES string of the molecule is CC.CC.CF.CF.COc1ccc(OC)cc1.FF.FF.O=C(O)c1ccccc1C(=O)O.O=C(O)c1ccccc1C(=O)O. The number of alkyl halides is 2. The Kier molecular flexibility index (Phi) is 46.0. The van der Waals surface area contributed by atoms with Gasteiger partial charge in [-0.15, -0.1) is 0 Å². The first-order valence-electron chi connectivity index (χ1n) is 12.5. The second kappa shape index (κ2) is 39.7. The van der Waals surface area contributed by atoms with Gasteiger partial charge in [-0.25, -0.2) is 19.2 Å². The highest BCUT2D eigenvalue weighted by atomic mass is 20.0. The molecule has 0 unspecified atom stereocenters. The number of ether oxygens (including phenoxy) is 2. The molecule has 0 aliphatic rings. The van der Waals surface area contributed by atoms with Gasteiger partial charge in [-0.05, 0) is 48.5 Å². The normalized spacial score (nSPS) is 7.61. The zero-order valence-corrected chi connectivity index (χ0v) is 26.4. The van der Waals surface area contributed by atoms with E-state index in [1.807, 2.05) is 52.0 Å². The van der Waals surface area contributed by atoms with Crippen molar-refractivity contribution in [3.8, 4) is 11.5 Å². The molecule has 10 nitrogen and oxygen atoms in total. The van der Waals surface area contributed by atoms with Crippen molar-refractivity contribution in [1.82, 2.24) is 0 Å². The Balaban J connectivity index is -0.000000112. The average Bonchev–Trinajstić information content (AvgIpc) is 3.13. The lowest BCUT2D eigenvalue weighted by Gasteiger charge is -2.00. The van der Waals surface area contributed by atoms with Crippen LogP contribution in [0.15, 0.2) is 72.8 Å². The van der Waals surface area contributed by atoms with Crippen molar-refractivity contribution in [2.75, 3.05) is 28.6 Å². The molecule has 0 aromatic heterocycles. The van der Waals surface area contributed by atoms with E-state index in [1.54, 1.807) is 14.2 Å². The first-order valence-corrected chi connectivity index (χ1v) is 12.5. The van der Waals surface area contributed by atoms with Crippen LogP contribution in [-0.2, 0) is 0 Å². The van der Waals surface area contributed by atoms with Crippen LogP contribution in [0.2, 0.25) is 0 Å². The van der Waals surface area contributed by atoms with Crippen molar-refractivity contribution in [2.45, 2.75) is 27.7 Å². The fourth-order valence-corrected chi connectivity index (χ4v) is 2.42. The van der Waals surface area contributed by atoms with Gasteiger partial charge in [-0.3, -0.25) is 8.78 Å². The van der Waals surface area contributed by atoms with Gasteiger partial charge < -0.3 is 29.9 Å². The maximum atomic E-state index is 10.5. The highest BCUT2D eigenvalue weighted by molar-refractivity contribution is 6.02. The fraction of sp³-hybridized carbons (Fsp3) is 0.267. The summed E-state index contributed by atoms with van der Waals surface area (Å²) in [6.07, 6.45) is 0. The van der Waals surface area contributed by atoms with Gasteiger partial charge in [0.15, 0.2) is 0 Å². The molecule has 0 aliphatic carbocycles. The summed E-state index contributed by atoms with van der Waals surface area (Å²) >= 11 is 0. The van der Waals surface area contributed by atoms with Gasteiger partial charge in [0.2, 0.25) is 0 Å². The summed E-state index contributed by atoms with van der Waals surface area (Å²) < 4.78 is 60.9. The van der Waals surface area contributed by atoms with Crippen LogP contribution in [0.5, 0.6) is 11.5 Å². The lowest BCUT2D eigenvalue weighted by molar-refractivity contribution is 0.0651. The molecule has 16 heteroatoms. The minimum Gasteiger partial charge on any atom is -0.497 e. The molecule has 0 amide bonds. The van der Waals surface area contributed by atoms with Crippen molar-refractivity contribution >= 4 is 23.9 Å². The highest BCUT2D eigenvalue weighted by Crippen LogP contribution is 2.16. The topological polar surface area (TPSA) is 168 Å². The minimum absolute atomic E-state index is 0.190. The Morgan fingerprint density at radius 2 is 0.587 bits per heavy atom. The molecule has 0 saturated carbocycles. The molecule has 0 spiro atoms. The van der Waals surface area contributed by atoms with Crippen molar-refractivity contribution in [3.05, 3.63) is 95.1 Å². The molecule has 4 N–H and O–H groups in total. The fourth-order valence-electron chi connectivity index (χ4n) is 2.42. The molecule has 46 heavy (non-hydrogen) atoms. The predicted octanol–water partition coefficient (Wildman–Crippen LogP) is 8.77. The van der Waals surface area contributed by atoms with E-state index in [1.165, 1.54) is 48.5 Å². The number of hydrogen-bond donors (Lipinski definition) is 4. The molecule has 0 saturated heterocycles. The maximum Gasteiger partial charge on any atom is 0.336 e. The Labute approximate surface area is 263 Å². The number of benzene rings is 3. The molecule has 262 valence electrons. The Morgan fingerprint density at radius 1 is 0.435 bits per heavy atom. The zero-order chi connectivity index (χ0) is 37.7. The maximum absolute atomic E-state index is 10.5. The summed E-state index contributed by atoms with van der Waals surface area (Å²) in [6.45, 7) is 8.00. The van der Waals surface area contributed by atoms with Crippen LogP contribution in [0.25, 0.3) is 0 Å². The van der Waals surface area contributed by atoms with Crippen LogP contribution in [0.4, 0.5) is 27.1 Å². The molecule has 0 fully saturated rings. The zero-order valence-electron chi connectivity index (χ0n) is 26.4. The van der Waals surface area contributed by atoms with Crippen LogP contribution in [0, 0.1) is 0 Å². The molecule has 0 aliphatic heterocycles. The van der Waals surface area contributed by atoms with Gasteiger partial charge in [0.25, 0.3) is 0 Å². The largest absolute Gasteiger partial charge is 0.497 e. The molecular weight excluding hydrogens is 634 g/mol. The van der Waals surface area contributed by atoms with Crippen molar-refractivity contribution in [1.29, 1.82) is 0 Å². The molecule has 0 heterocycles. The molecule has 0 bridgehead atoms. The predicted molar refractivity (Wildman–Crippen MR) is 161 cm³/mol. The second-order valence-electron chi connectivity index (χ2n) is 6.19. The van der Waals surface area contributed by atoms with Crippen LogP contribution >= 0.6 is 0 Å². The van der Waals surface area contributed by atoms with Gasteiger partial charge >= 0.3 is 23.9 Å². The van der Waals surface area contributed by atoms with Crippen molar-refractivity contribution in [2.24, 2.45) is 0 Å². The lowest BCUT2D eigenvalue weighted by atomic mass is 10.1. The van der Waals surface area contributed by atoms with Crippen molar-refractivity contribution < 1.29 is 76.2 Å². The average molecular weight is 675 g/mol. The van der Waals surface area contributed by atoms with Gasteiger partial charge in [0, 0.05) is 18.3 Å². The number of carboxylic acid groups (broad SMARTS) is 4. The summed E-state index contributed by atoms with van der Waals surface area (Å²) in [4.78, 5) is 41.9. The first kappa shape index (κ1) is 53.3. The molecule has 3 aromatic rings. The summed E-state index contributed by atoms with van der Waals surface area (Å²) in [5.74, 6) is -3.22. The van der Waals surface area contributed by atoms with Gasteiger partial charge in [0.05, 0.1) is 50.8 Å². The monoisotopic (exact) mass is 674 g/mol.